The second-order valence-corrected chi connectivity index (χ2v) is 18.2. The molecular formula is C56H51N. The Labute approximate surface area is 339 Å². The number of para-hydroxylation sites is 1. The summed E-state index contributed by atoms with van der Waals surface area (Å²) >= 11 is 0. The van der Waals surface area contributed by atoms with Gasteiger partial charge in [-0.3, -0.25) is 0 Å². The highest BCUT2D eigenvalue weighted by molar-refractivity contribution is 5.97. The van der Waals surface area contributed by atoms with Crippen LogP contribution in [0.15, 0.2) is 164 Å². The number of fused-ring (bicyclic) bond motifs is 3. The van der Waals surface area contributed by atoms with Crippen molar-refractivity contribution < 1.29 is 0 Å². The first-order valence-corrected chi connectivity index (χ1v) is 21.4. The van der Waals surface area contributed by atoms with E-state index in [2.05, 4.69) is 189 Å². The van der Waals surface area contributed by atoms with Crippen molar-refractivity contribution in [3.8, 4) is 44.5 Å². The summed E-state index contributed by atoms with van der Waals surface area (Å²) in [5.41, 5.74) is 19.4. The molecule has 0 radical (unpaired) electrons. The second-order valence-electron chi connectivity index (χ2n) is 18.2. The molecule has 4 fully saturated rings. The van der Waals surface area contributed by atoms with Gasteiger partial charge in [0.1, 0.15) is 0 Å². The van der Waals surface area contributed by atoms with Crippen LogP contribution in [-0.4, -0.2) is 0 Å². The van der Waals surface area contributed by atoms with Gasteiger partial charge in [-0.2, -0.15) is 0 Å². The van der Waals surface area contributed by atoms with Crippen LogP contribution in [-0.2, 0) is 5.41 Å². The fourth-order valence-electron chi connectivity index (χ4n) is 12.3. The molecule has 5 aliphatic rings. The zero-order chi connectivity index (χ0) is 38.3. The van der Waals surface area contributed by atoms with E-state index in [1.54, 1.807) is 5.56 Å². The summed E-state index contributed by atoms with van der Waals surface area (Å²) in [6, 6.07) is 61.7. The third-order valence-corrected chi connectivity index (χ3v) is 14.6. The predicted molar refractivity (Wildman–Crippen MR) is 240 cm³/mol. The van der Waals surface area contributed by atoms with Crippen LogP contribution in [0.1, 0.15) is 74.1 Å². The summed E-state index contributed by atoms with van der Waals surface area (Å²) in [4.78, 5) is 2.54. The van der Waals surface area contributed by atoms with Gasteiger partial charge >= 0.3 is 0 Å². The van der Waals surface area contributed by atoms with Crippen molar-refractivity contribution in [2.75, 3.05) is 4.90 Å². The lowest BCUT2D eigenvalue weighted by Gasteiger charge is -2.54. The molecule has 1 heteroatoms. The SMILES string of the molecule is Cc1cccc2c1-c1ccc(N(c3ccc(C4C5CC6CC(C5)CC4C6)cc3)c3ccccc3-c3ccccc3-c3ccccc3-c3ccccc3)cc1C2(C)C. The summed E-state index contributed by atoms with van der Waals surface area (Å²) in [6.07, 6.45) is 7.27. The van der Waals surface area contributed by atoms with Gasteiger partial charge in [-0.15, -0.1) is 0 Å². The molecule has 4 saturated carbocycles. The lowest BCUT2D eigenvalue weighted by atomic mass is 9.51. The molecule has 0 spiro atoms. The van der Waals surface area contributed by atoms with Crippen LogP contribution < -0.4 is 4.90 Å². The highest BCUT2D eigenvalue weighted by Gasteiger charge is 2.48. The Bertz CT molecular complexity index is 2600. The van der Waals surface area contributed by atoms with Crippen molar-refractivity contribution in [1.82, 2.24) is 0 Å². The van der Waals surface area contributed by atoms with E-state index in [4.69, 9.17) is 0 Å². The lowest BCUT2D eigenvalue weighted by molar-refractivity contribution is -0.00277. The Morgan fingerprint density at radius 1 is 0.456 bits per heavy atom. The average molecular weight is 738 g/mol. The van der Waals surface area contributed by atoms with Crippen molar-refractivity contribution in [2.45, 2.75) is 64.2 Å². The summed E-state index contributed by atoms with van der Waals surface area (Å²) in [5, 5.41) is 0. The molecule has 4 bridgehead atoms. The molecule has 57 heavy (non-hydrogen) atoms. The summed E-state index contributed by atoms with van der Waals surface area (Å²) in [5.74, 6) is 4.41. The number of aryl methyl sites for hydroxylation is 1. The molecule has 0 aliphatic heterocycles. The van der Waals surface area contributed by atoms with Crippen LogP contribution in [0.25, 0.3) is 44.5 Å². The van der Waals surface area contributed by atoms with Gasteiger partial charge < -0.3 is 4.90 Å². The van der Waals surface area contributed by atoms with Crippen molar-refractivity contribution in [1.29, 1.82) is 0 Å². The van der Waals surface area contributed by atoms with Crippen LogP contribution >= 0.6 is 0 Å². The number of nitrogens with zero attached hydrogens (tertiary/aromatic N) is 1. The Kier molecular flexibility index (Phi) is 8.18. The standard InChI is InChI=1S/C56H51N/c1-36-14-13-22-51-54(36)50-29-28-44(35-52(50)56(51,2)3)57(43-26-24-40(25-27-43)55-41-31-37-30-38(33-41)34-42(55)32-37)53-23-12-11-21-49(53)48-20-10-9-19-47(48)46-18-8-7-17-45(46)39-15-5-4-6-16-39/h4-29,35,37-38,41-42,55H,30-34H2,1-3H3. The minimum atomic E-state index is -0.102. The smallest absolute Gasteiger partial charge is 0.0540 e. The Morgan fingerprint density at radius 2 is 1.02 bits per heavy atom. The quantitative estimate of drug-likeness (QED) is 0.157. The second kappa shape index (κ2) is 13.5. The highest BCUT2D eigenvalue weighted by Crippen LogP contribution is 2.60. The number of hydrogen-bond donors (Lipinski definition) is 0. The van der Waals surface area contributed by atoms with Gasteiger partial charge in [0.2, 0.25) is 0 Å². The third kappa shape index (κ3) is 5.65. The molecule has 0 aromatic heterocycles. The first kappa shape index (κ1) is 34.6. The zero-order valence-corrected chi connectivity index (χ0v) is 33.5. The Balaban J connectivity index is 1.07. The normalized spacial score (nSPS) is 22.3. The average Bonchev–Trinajstić information content (AvgIpc) is 3.48. The molecule has 12 rings (SSSR count). The maximum absolute atomic E-state index is 2.54. The van der Waals surface area contributed by atoms with Gasteiger partial charge in [-0.05, 0) is 160 Å². The minimum absolute atomic E-state index is 0.102. The van der Waals surface area contributed by atoms with E-state index in [9.17, 15) is 0 Å². The molecule has 280 valence electrons. The molecular weight excluding hydrogens is 687 g/mol. The van der Waals surface area contributed by atoms with E-state index in [1.165, 1.54) is 110 Å². The van der Waals surface area contributed by atoms with E-state index < -0.39 is 0 Å². The molecule has 0 N–H and O–H groups in total. The topological polar surface area (TPSA) is 3.24 Å². The molecule has 0 amide bonds. The van der Waals surface area contributed by atoms with Gasteiger partial charge in [-0.1, -0.05) is 147 Å². The van der Waals surface area contributed by atoms with Crippen LogP contribution in [0.3, 0.4) is 0 Å². The summed E-state index contributed by atoms with van der Waals surface area (Å²) in [6.45, 7) is 7.07. The Morgan fingerprint density at radius 3 is 1.70 bits per heavy atom. The van der Waals surface area contributed by atoms with Gasteiger partial charge in [0.25, 0.3) is 0 Å². The largest absolute Gasteiger partial charge is 0.310 e. The molecule has 0 heterocycles. The molecule has 0 saturated heterocycles. The number of hydrogen-bond acceptors (Lipinski definition) is 1. The van der Waals surface area contributed by atoms with Gasteiger partial charge in [0.05, 0.1) is 5.69 Å². The van der Waals surface area contributed by atoms with Crippen LogP contribution in [0, 0.1) is 30.6 Å². The zero-order valence-electron chi connectivity index (χ0n) is 33.5. The van der Waals surface area contributed by atoms with Gasteiger partial charge in [-0.25, -0.2) is 0 Å². The highest BCUT2D eigenvalue weighted by atomic mass is 15.1. The lowest BCUT2D eigenvalue weighted by Crippen LogP contribution is -2.43. The van der Waals surface area contributed by atoms with Crippen molar-refractivity contribution in [3.63, 3.8) is 0 Å². The molecule has 1 nitrogen and oxygen atoms in total. The van der Waals surface area contributed by atoms with Crippen LogP contribution in [0.5, 0.6) is 0 Å². The molecule has 7 aromatic carbocycles. The van der Waals surface area contributed by atoms with Crippen LogP contribution in [0.2, 0.25) is 0 Å². The van der Waals surface area contributed by atoms with Gasteiger partial charge in [0.15, 0.2) is 0 Å². The maximum atomic E-state index is 2.54. The van der Waals surface area contributed by atoms with E-state index in [0.717, 1.165) is 23.7 Å². The number of rotatable bonds is 7. The first-order valence-electron chi connectivity index (χ1n) is 21.4. The first-order chi connectivity index (χ1) is 27.9. The van der Waals surface area contributed by atoms with Crippen molar-refractivity contribution in [2.24, 2.45) is 23.7 Å². The van der Waals surface area contributed by atoms with Crippen LogP contribution in [0.4, 0.5) is 17.1 Å². The van der Waals surface area contributed by atoms with E-state index >= 15 is 0 Å². The molecule has 7 aromatic rings. The summed E-state index contributed by atoms with van der Waals surface area (Å²) in [7, 11) is 0. The van der Waals surface area contributed by atoms with E-state index in [0.29, 0.717) is 5.92 Å². The molecule has 5 aliphatic carbocycles. The maximum Gasteiger partial charge on any atom is 0.0540 e. The van der Waals surface area contributed by atoms with Gasteiger partial charge in [0, 0.05) is 22.4 Å². The number of benzene rings is 7. The molecule has 0 atom stereocenters. The van der Waals surface area contributed by atoms with E-state index in [-0.39, 0.29) is 5.41 Å². The fraction of sp³-hybridized carbons (Fsp3) is 0.250. The number of anilines is 3. The van der Waals surface area contributed by atoms with Crippen molar-refractivity contribution >= 4 is 17.1 Å². The monoisotopic (exact) mass is 737 g/mol. The van der Waals surface area contributed by atoms with E-state index in [1.807, 2.05) is 0 Å². The minimum Gasteiger partial charge on any atom is -0.310 e. The fourth-order valence-corrected chi connectivity index (χ4v) is 12.3. The van der Waals surface area contributed by atoms with Crippen molar-refractivity contribution in [3.05, 3.63) is 186 Å². The predicted octanol–water partition coefficient (Wildman–Crippen LogP) is 15.3. The third-order valence-electron chi connectivity index (χ3n) is 14.6. The summed E-state index contributed by atoms with van der Waals surface area (Å²) < 4.78 is 0. The molecule has 0 unspecified atom stereocenters. The Hall–Kier alpha value is -5.66.